The molecule has 1 rings (SSSR count). The van der Waals surface area contributed by atoms with Crippen LogP contribution in [-0.2, 0) is 14.3 Å². The minimum atomic E-state index is -0.342. The Labute approximate surface area is 90.6 Å². The van der Waals surface area contributed by atoms with Gasteiger partial charge in [-0.1, -0.05) is 6.92 Å². The van der Waals surface area contributed by atoms with E-state index >= 15 is 0 Å². The van der Waals surface area contributed by atoms with Crippen molar-refractivity contribution in [2.75, 3.05) is 13.2 Å². The van der Waals surface area contributed by atoms with Crippen LogP contribution in [0.1, 0.15) is 39.5 Å². The van der Waals surface area contributed by atoms with Crippen LogP contribution in [0, 0.1) is 0 Å². The number of carbonyl (C=O) groups is 2. The number of carbonyl (C=O) groups excluding carboxylic acids is 2. The highest BCUT2D eigenvalue weighted by Crippen LogP contribution is 2.19. The van der Waals surface area contributed by atoms with Crippen LogP contribution in [0.5, 0.6) is 0 Å². The maximum absolute atomic E-state index is 11.6. The molecular weight excluding hydrogens is 194 g/mol. The van der Waals surface area contributed by atoms with Crippen molar-refractivity contribution in [1.29, 1.82) is 0 Å². The van der Waals surface area contributed by atoms with Crippen molar-refractivity contribution < 1.29 is 14.3 Å². The molecule has 86 valence electrons. The summed E-state index contributed by atoms with van der Waals surface area (Å²) in [5.41, 5.74) is 0. The second-order valence-electron chi connectivity index (χ2n) is 3.70. The van der Waals surface area contributed by atoms with Crippen LogP contribution in [0.3, 0.4) is 0 Å². The second kappa shape index (κ2) is 5.73. The maximum Gasteiger partial charge on any atom is 0.328 e. The van der Waals surface area contributed by atoms with E-state index in [0.29, 0.717) is 19.6 Å². The number of hydrogen-bond donors (Lipinski definition) is 0. The van der Waals surface area contributed by atoms with Crippen molar-refractivity contribution in [3.05, 3.63) is 0 Å². The summed E-state index contributed by atoms with van der Waals surface area (Å²) in [5.74, 6) is -0.202. The van der Waals surface area contributed by atoms with Crippen molar-refractivity contribution in [3.63, 3.8) is 0 Å². The van der Waals surface area contributed by atoms with E-state index in [0.717, 1.165) is 19.3 Å². The van der Waals surface area contributed by atoms with Gasteiger partial charge in [0.15, 0.2) is 0 Å². The molecule has 4 heteroatoms. The fourth-order valence-corrected chi connectivity index (χ4v) is 1.92. The maximum atomic E-state index is 11.6. The number of nitrogens with zero attached hydrogens (tertiary/aromatic N) is 1. The molecule has 0 aliphatic carbocycles. The summed E-state index contributed by atoms with van der Waals surface area (Å²) in [6.07, 6.45) is 3.18. The summed E-state index contributed by atoms with van der Waals surface area (Å²) in [4.78, 5) is 24.9. The van der Waals surface area contributed by atoms with Gasteiger partial charge in [-0.05, 0) is 26.2 Å². The molecule has 1 unspecified atom stereocenters. The van der Waals surface area contributed by atoms with Crippen LogP contribution in [0.2, 0.25) is 0 Å². The number of piperidine rings is 1. The average molecular weight is 213 g/mol. The largest absolute Gasteiger partial charge is 0.464 e. The summed E-state index contributed by atoms with van der Waals surface area (Å²) in [6.45, 7) is 4.67. The van der Waals surface area contributed by atoms with Crippen LogP contribution in [0.25, 0.3) is 0 Å². The minimum Gasteiger partial charge on any atom is -0.464 e. The Hall–Kier alpha value is -1.06. The van der Waals surface area contributed by atoms with Gasteiger partial charge in [0.05, 0.1) is 6.61 Å². The van der Waals surface area contributed by atoms with Gasteiger partial charge >= 0.3 is 5.97 Å². The van der Waals surface area contributed by atoms with E-state index in [-0.39, 0.29) is 17.9 Å². The van der Waals surface area contributed by atoms with Gasteiger partial charge in [-0.15, -0.1) is 0 Å². The smallest absolute Gasteiger partial charge is 0.328 e. The van der Waals surface area contributed by atoms with Crippen LogP contribution in [-0.4, -0.2) is 36.0 Å². The Morgan fingerprint density at radius 3 is 2.67 bits per heavy atom. The zero-order valence-electron chi connectivity index (χ0n) is 9.49. The number of hydrogen-bond acceptors (Lipinski definition) is 3. The molecule has 1 amide bonds. The lowest BCUT2D eigenvalue weighted by atomic mass is 10.0. The number of likely N-dealkylation sites (tertiary alicyclic amines) is 1. The van der Waals surface area contributed by atoms with Crippen LogP contribution >= 0.6 is 0 Å². The van der Waals surface area contributed by atoms with E-state index in [4.69, 9.17) is 4.74 Å². The number of ether oxygens (including phenoxy) is 1. The molecule has 0 saturated carbocycles. The molecule has 15 heavy (non-hydrogen) atoms. The molecule has 0 aromatic rings. The minimum absolute atomic E-state index is 0.0488. The summed E-state index contributed by atoms with van der Waals surface area (Å²) in [6, 6.07) is -0.342. The molecule has 1 fully saturated rings. The summed E-state index contributed by atoms with van der Waals surface area (Å²) < 4.78 is 4.97. The molecule has 4 nitrogen and oxygen atoms in total. The predicted octanol–water partition coefficient (Wildman–Crippen LogP) is 1.34. The molecule has 0 radical (unpaired) electrons. The van der Waals surface area contributed by atoms with E-state index in [1.807, 2.05) is 6.92 Å². The van der Waals surface area contributed by atoms with Gasteiger partial charge in [-0.25, -0.2) is 4.79 Å². The predicted molar refractivity (Wildman–Crippen MR) is 56.3 cm³/mol. The SMILES string of the molecule is CCOC(=O)C1CCCCN1C(=O)CC. The van der Waals surface area contributed by atoms with E-state index in [2.05, 4.69) is 0 Å². The lowest BCUT2D eigenvalue weighted by Crippen LogP contribution is -2.48. The van der Waals surface area contributed by atoms with Gasteiger partial charge in [0.25, 0.3) is 0 Å². The van der Waals surface area contributed by atoms with Gasteiger partial charge in [0, 0.05) is 13.0 Å². The van der Waals surface area contributed by atoms with Crippen molar-refractivity contribution in [2.45, 2.75) is 45.6 Å². The van der Waals surface area contributed by atoms with Gasteiger partial charge in [-0.3, -0.25) is 4.79 Å². The third-order valence-corrected chi connectivity index (χ3v) is 2.68. The first kappa shape index (κ1) is 12.0. The van der Waals surface area contributed by atoms with Gasteiger partial charge in [0.2, 0.25) is 5.91 Å². The average Bonchev–Trinajstić information content (AvgIpc) is 2.28. The molecule has 0 N–H and O–H groups in total. The summed E-state index contributed by atoms with van der Waals surface area (Å²) >= 11 is 0. The molecule has 1 heterocycles. The lowest BCUT2D eigenvalue weighted by molar-refractivity contribution is -0.156. The lowest BCUT2D eigenvalue weighted by Gasteiger charge is -2.33. The second-order valence-corrected chi connectivity index (χ2v) is 3.70. The highest BCUT2D eigenvalue weighted by atomic mass is 16.5. The third kappa shape index (κ3) is 2.94. The van der Waals surface area contributed by atoms with Crippen molar-refractivity contribution in [3.8, 4) is 0 Å². The number of amides is 1. The van der Waals surface area contributed by atoms with Gasteiger partial charge < -0.3 is 9.64 Å². The van der Waals surface area contributed by atoms with E-state index in [9.17, 15) is 9.59 Å². The Morgan fingerprint density at radius 2 is 2.07 bits per heavy atom. The summed E-state index contributed by atoms with van der Waals surface area (Å²) in [5, 5.41) is 0. The highest BCUT2D eigenvalue weighted by molar-refractivity contribution is 5.84. The molecule has 1 aliphatic rings. The molecule has 1 saturated heterocycles. The summed E-state index contributed by atoms with van der Waals surface area (Å²) in [7, 11) is 0. The Balaban J connectivity index is 2.65. The molecule has 0 aromatic carbocycles. The van der Waals surface area contributed by atoms with E-state index in [1.165, 1.54) is 0 Å². The Kier molecular flexibility index (Phi) is 4.59. The zero-order chi connectivity index (χ0) is 11.3. The first-order valence-electron chi connectivity index (χ1n) is 5.66. The first-order chi connectivity index (χ1) is 7.20. The van der Waals surface area contributed by atoms with E-state index < -0.39 is 0 Å². The molecule has 0 aromatic heterocycles. The van der Waals surface area contributed by atoms with Gasteiger partial charge in [0.1, 0.15) is 6.04 Å². The van der Waals surface area contributed by atoms with Crippen LogP contribution in [0.4, 0.5) is 0 Å². The Morgan fingerprint density at radius 1 is 1.33 bits per heavy atom. The first-order valence-corrected chi connectivity index (χ1v) is 5.66. The fraction of sp³-hybridized carbons (Fsp3) is 0.818. The Bertz CT molecular complexity index is 240. The van der Waals surface area contributed by atoms with Crippen LogP contribution in [0.15, 0.2) is 0 Å². The quantitative estimate of drug-likeness (QED) is 0.665. The van der Waals surface area contributed by atoms with Crippen molar-refractivity contribution >= 4 is 11.9 Å². The highest BCUT2D eigenvalue weighted by Gasteiger charge is 2.32. The number of rotatable bonds is 3. The molecule has 0 spiro atoms. The van der Waals surface area contributed by atoms with Crippen molar-refractivity contribution in [1.82, 2.24) is 4.90 Å². The standard InChI is InChI=1S/C11H19NO3/c1-3-10(13)12-8-6-5-7-9(12)11(14)15-4-2/h9H,3-8H2,1-2H3. The molecule has 1 aliphatic heterocycles. The zero-order valence-corrected chi connectivity index (χ0v) is 9.49. The van der Waals surface area contributed by atoms with Gasteiger partial charge in [-0.2, -0.15) is 0 Å². The monoisotopic (exact) mass is 213 g/mol. The van der Waals surface area contributed by atoms with Crippen LogP contribution < -0.4 is 0 Å². The third-order valence-electron chi connectivity index (χ3n) is 2.68. The van der Waals surface area contributed by atoms with E-state index in [1.54, 1.807) is 11.8 Å². The normalized spacial score (nSPS) is 21.2. The molecule has 1 atom stereocenters. The number of esters is 1. The fourth-order valence-electron chi connectivity index (χ4n) is 1.92. The molecule has 0 bridgehead atoms. The topological polar surface area (TPSA) is 46.6 Å². The van der Waals surface area contributed by atoms with Crippen molar-refractivity contribution in [2.24, 2.45) is 0 Å². The molecular formula is C11H19NO3.